The molecular formula is C32H24N2O10. The Labute approximate surface area is 247 Å². The van der Waals surface area contributed by atoms with Crippen LogP contribution in [0.15, 0.2) is 79.8 Å². The fourth-order valence-electron chi connectivity index (χ4n) is 4.65. The van der Waals surface area contributed by atoms with Crippen molar-refractivity contribution in [2.45, 2.75) is 26.9 Å². The van der Waals surface area contributed by atoms with E-state index in [2.05, 4.69) is 0 Å². The van der Waals surface area contributed by atoms with Crippen LogP contribution < -0.4 is 22.2 Å². The van der Waals surface area contributed by atoms with E-state index in [1.54, 1.807) is 48.5 Å². The highest BCUT2D eigenvalue weighted by Crippen LogP contribution is 2.15. The van der Waals surface area contributed by atoms with E-state index in [9.17, 15) is 38.4 Å². The zero-order valence-electron chi connectivity index (χ0n) is 23.6. The minimum atomic E-state index is -1.01. The third kappa shape index (κ3) is 5.77. The average molecular weight is 597 g/mol. The molecular weight excluding hydrogens is 572 g/mol. The first-order chi connectivity index (χ1) is 20.9. The van der Waals surface area contributed by atoms with Gasteiger partial charge in [0.1, 0.15) is 13.1 Å². The number of rotatable bonds is 10. The summed E-state index contributed by atoms with van der Waals surface area (Å²) in [4.78, 5) is 101. The summed E-state index contributed by atoms with van der Waals surface area (Å²) in [5, 5.41) is -0.865. The highest BCUT2D eigenvalue weighted by Gasteiger charge is 2.22. The highest BCUT2D eigenvalue weighted by atomic mass is 16.5. The molecule has 44 heavy (non-hydrogen) atoms. The van der Waals surface area contributed by atoms with Gasteiger partial charge in [-0.15, -0.1) is 0 Å². The molecule has 12 nitrogen and oxygen atoms in total. The van der Waals surface area contributed by atoms with Gasteiger partial charge in [-0.3, -0.25) is 47.5 Å². The van der Waals surface area contributed by atoms with Gasteiger partial charge in [-0.1, -0.05) is 59.7 Å². The van der Waals surface area contributed by atoms with Gasteiger partial charge in [0.25, 0.3) is 22.2 Å². The lowest BCUT2D eigenvalue weighted by Crippen LogP contribution is -2.31. The van der Waals surface area contributed by atoms with Crippen molar-refractivity contribution in [1.29, 1.82) is 0 Å². The second-order valence-corrected chi connectivity index (χ2v) is 10.2. The number of carbonyl (C=O) groups is 4. The van der Waals surface area contributed by atoms with Crippen LogP contribution in [0.3, 0.4) is 0 Å². The Balaban J connectivity index is 1.31. The number of esters is 2. The molecule has 2 heterocycles. The largest absolute Gasteiger partial charge is 0.456 e. The van der Waals surface area contributed by atoms with Gasteiger partial charge in [0, 0.05) is 11.1 Å². The summed E-state index contributed by atoms with van der Waals surface area (Å²) in [6, 6.07) is 15.3. The summed E-state index contributed by atoms with van der Waals surface area (Å²) in [6.45, 7) is 0.922. The summed E-state index contributed by atoms with van der Waals surface area (Å²) >= 11 is 0. The minimum Gasteiger partial charge on any atom is -0.456 e. The lowest BCUT2D eigenvalue weighted by atomic mass is 10.1. The van der Waals surface area contributed by atoms with Crippen LogP contribution in [0.5, 0.6) is 0 Å². The van der Waals surface area contributed by atoms with E-state index in [0.29, 0.717) is 20.3 Å². The fraction of sp³-hybridized carbons (Fsp3) is 0.188. The van der Waals surface area contributed by atoms with Crippen molar-refractivity contribution in [3.63, 3.8) is 0 Å². The van der Waals surface area contributed by atoms with Crippen molar-refractivity contribution in [3.05, 3.63) is 124 Å². The van der Waals surface area contributed by atoms with E-state index in [1.165, 1.54) is 0 Å². The summed E-state index contributed by atoms with van der Waals surface area (Å²) in [5.74, 6) is -2.96. The van der Waals surface area contributed by atoms with E-state index < -0.39 is 72.0 Å². The van der Waals surface area contributed by atoms with E-state index in [0.717, 1.165) is 23.3 Å². The van der Waals surface area contributed by atoms with Crippen LogP contribution in [0.2, 0.25) is 0 Å². The van der Waals surface area contributed by atoms with Crippen LogP contribution in [-0.4, -0.2) is 45.9 Å². The Bertz CT molecular complexity index is 1950. The highest BCUT2D eigenvalue weighted by molar-refractivity contribution is 5.99. The van der Waals surface area contributed by atoms with E-state index in [1.807, 2.05) is 13.8 Å². The number of ketones is 2. The number of ether oxygens (including phenoxy) is 2. The molecule has 0 fully saturated rings. The molecule has 0 radical (unpaired) electrons. The van der Waals surface area contributed by atoms with Gasteiger partial charge in [-0.2, -0.15) is 0 Å². The van der Waals surface area contributed by atoms with E-state index in [-0.39, 0.29) is 21.5 Å². The number of aryl methyl sites for hydroxylation is 2. The molecule has 0 aliphatic heterocycles. The first kappa shape index (κ1) is 29.7. The molecule has 2 aromatic heterocycles. The first-order valence-electron chi connectivity index (χ1n) is 13.4. The Kier molecular flexibility index (Phi) is 7.99. The van der Waals surface area contributed by atoms with Crippen LogP contribution in [0.25, 0.3) is 21.5 Å². The smallest absolute Gasteiger partial charge is 0.326 e. The Morgan fingerprint density at radius 1 is 0.523 bits per heavy atom. The second-order valence-electron chi connectivity index (χ2n) is 10.2. The van der Waals surface area contributed by atoms with Crippen molar-refractivity contribution in [2.75, 3.05) is 13.2 Å². The maximum absolute atomic E-state index is 13.0. The summed E-state index contributed by atoms with van der Waals surface area (Å²) < 4.78 is 11.1. The van der Waals surface area contributed by atoms with Crippen LogP contribution in [0, 0.1) is 13.8 Å². The van der Waals surface area contributed by atoms with E-state index in [4.69, 9.17) is 9.47 Å². The van der Waals surface area contributed by atoms with Gasteiger partial charge >= 0.3 is 11.9 Å². The topological polar surface area (TPSA) is 165 Å². The molecule has 3 aromatic carbocycles. The molecule has 0 bridgehead atoms. The molecule has 0 spiro atoms. The Morgan fingerprint density at radius 3 is 1.11 bits per heavy atom. The third-order valence-corrected chi connectivity index (χ3v) is 7.11. The number of benzene rings is 3. The van der Waals surface area contributed by atoms with Crippen LogP contribution in [0.1, 0.15) is 31.8 Å². The van der Waals surface area contributed by atoms with Gasteiger partial charge in [-0.25, -0.2) is 0 Å². The van der Waals surface area contributed by atoms with Gasteiger partial charge in [0.2, 0.25) is 0 Å². The van der Waals surface area contributed by atoms with Crippen LogP contribution >= 0.6 is 0 Å². The van der Waals surface area contributed by atoms with Crippen molar-refractivity contribution < 1.29 is 28.7 Å². The lowest BCUT2D eigenvalue weighted by Gasteiger charge is -2.05. The summed E-state index contributed by atoms with van der Waals surface area (Å²) in [6.07, 6.45) is 0. The first-order valence-corrected chi connectivity index (χ1v) is 13.4. The number of fused-ring (bicyclic) bond motifs is 2. The minimum absolute atomic E-state index is 0.216. The fourth-order valence-corrected chi connectivity index (χ4v) is 4.65. The molecule has 0 unspecified atom stereocenters. The quantitative estimate of drug-likeness (QED) is 0.170. The third-order valence-electron chi connectivity index (χ3n) is 7.11. The number of aromatic nitrogens is 2. The SMILES string of the molecule is Cc1ccc(C(=O)COC(=O)Cn2c(=O)c3cc4c(=O)n(CC(=O)OCC(=O)c5ccc(C)cc5)c(=O)c4cc3c2=O)cc1. The zero-order valence-corrected chi connectivity index (χ0v) is 23.6. The molecule has 5 aromatic rings. The molecule has 0 atom stereocenters. The molecule has 0 saturated heterocycles. The number of hydrogen-bond donors (Lipinski definition) is 0. The number of nitrogens with zero attached hydrogens (tertiary/aromatic N) is 2. The Hall–Kier alpha value is -5.78. The average Bonchev–Trinajstić information content (AvgIpc) is 3.38. The predicted octanol–water partition coefficient (Wildman–Crippen LogP) is 1.38. The Morgan fingerprint density at radius 2 is 0.818 bits per heavy atom. The maximum Gasteiger partial charge on any atom is 0.326 e. The standard InChI is InChI=1S/C32H24N2O10/c1-17-3-7-19(8-4-17)25(35)15-43-27(37)13-33-29(39)21-11-23-24(12-22(21)30(33)40)32(42)34(31(23)41)14-28(38)44-16-26(36)20-9-5-18(2)6-10-20/h3-12H,13-16H2,1-2H3. The maximum atomic E-state index is 13.0. The number of carbonyl (C=O) groups excluding carboxylic acids is 4. The molecule has 12 heteroatoms. The molecule has 0 N–H and O–H groups in total. The molecule has 0 aliphatic carbocycles. The number of Topliss-reactive ketones (excluding diaryl/α,β-unsaturated/α-hetero) is 2. The van der Waals surface area contributed by atoms with Crippen LogP contribution in [0.4, 0.5) is 0 Å². The molecule has 222 valence electrons. The van der Waals surface area contributed by atoms with E-state index >= 15 is 0 Å². The van der Waals surface area contributed by atoms with Crippen molar-refractivity contribution >= 4 is 45.0 Å². The molecule has 0 amide bonds. The van der Waals surface area contributed by atoms with Crippen molar-refractivity contribution in [3.8, 4) is 0 Å². The summed E-state index contributed by atoms with van der Waals surface area (Å²) in [7, 11) is 0. The molecule has 0 aliphatic rings. The van der Waals surface area contributed by atoms with Gasteiger partial charge in [-0.05, 0) is 26.0 Å². The summed E-state index contributed by atoms with van der Waals surface area (Å²) in [5.41, 5.74) is -1.07. The van der Waals surface area contributed by atoms with Crippen LogP contribution in [-0.2, 0) is 32.2 Å². The van der Waals surface area contributed by atoms with Gasteiger partial charge in [0.15, 0.2) is 24.8 Å². The monoisotopic (exact) mass is 596 g/mol. The normalized spacial score (nSPS) is 11.1. The molecule has 0 saturated carbocycles. The van der Waals surface area contributed by atoms with Crippen molar-refractivity contribution in [1.82, 2.24) is 9.13 Å². The molecule has 5 rings (SSSR count). The predicted molar refractivity (Wildman–Crippen MR) is 158 cm³/mol. The lowest BCUT2D eigenvalue weighted by molar-refractivity contribution is -0.144. The van der Waals surface area contributed by atoms with Crippen molar-refractivity contribution in [2.24, 2.45) is 0 Å². The number of hydrogen-bond acceptors (Lipinski definition) is 10. The second kappa shape index (κ2) is 11.8. The zero-order chi connectivity index (χ0) is 31.7. The van der Waals surface area contributed by atoms with Gasteiger partial charge < -0.3 is 9.47 Å². The van der Waals surface area contributed by atoms with Gasteiger partial charge in [0.05, 0.1) is 21.5 Å².